The lowest BCUT2D eigenvalue weighted by atomic mass is 10.7. The molecule has 1 unspecified atom stereocenters. The highest BCUT2D eigenvalue weighted by atomic mass is 32.2. The largest absolute Gasteiger partial charge is 0.284 e. The van der Waals surface area contributed by atoms with Gasteiger partial charge in [0.25, 0.3) is 0 Å². The van der Waals surface area contributed by atoms with E-state index in [0.717, 1.165) is 11.7 Å². The van der Waals surface area contributed by atoms with Crippen LogP contribution >= 0.6 is 23.5 Å². The first-order chi connectivity index (χ1) is 5.66. The van der Waals surface area contributed by atoms with E-state index in [9.17, 15) is 9.00 Å². The lowest BCUT2D eigenvalue weighted by molar-refractivity contribution is 0.683. The zero-order chi connectivity index (χ0) is 9.14. The summed E-state index contributed by atoms with van der Waals surface area (Å²) in [6.45, 7) is 0. The van der Waals surface area contributed by atoms with Crippen LogP contribution in [0.15, 0.2) is 14.8 Å². The third-order valence-electron chi connectivity index (χ3n) is 1.10. The molecule has 1 aromatic heterocycles. The van der Waals surface area contributed by atoms with Crippen molar-refractivity contribution in [1.82, 2.24) is 8.75 Å². The summed E-state index contributed by atoms with van der Waals surface area (Å²) in [4.78, 5) is 11.3. The Morgan fingerprint density at radius 1 is 1.50 bits per heavy atom. The zero-order valence-corrected chi connectivity index (χ0v) is 8.89. The fourth-order valence-corrected chi connectivity index (χ4v) is 2.56. The predicted octanol–water partition coefficient (Wildman–Crippen LogP) is 0.358. The molecule has 0 aliphatic carbocycles. The molecular formula is C5H6N2O2S3. The van der Waals surface area contributed by atoms with Gasteiger partial charge in [0, 0.05) is 6.26 Å². The number of hydrogen-bond acceptors (Lipinski definition) is 6. The molecule has 0 aliphatic rings. The van der Waals surface area contributed by atoms with Crippen LogP contribution in [0.2, 0.25) is 0 Å². The highest BCUT2D eigenvalue weighted by Crippen LogP contribution is 2.07. The van der Waals surface area contributed by atoms with Crippen molar-refractivity contribution in [3.8, 4) is 0 Å². The lowest BCUT2D eigenvalue weighted by Crippen LogP contribution is -2.13. The van der Waals surface area contributed by atoms with Gasteiger partial charge in [-0.05, 0) is 6.26 Å². The van der Waals surface area contributed by atoms with Crippen molar-refractivity contribution in [2.45, 2.75) is 10.1 Å². The average Bonchev–Trinajstić information content (AvgIpc) is 2.04. The van der Waals surface area contributed by atoms with Crippen LogP contribution < -0.4 is 5.43 Å². The summed E-state index contributed by atoms with van der Waals surface area (Å²) < 4.78 is 18.4. The molecule has 0 amide bonds. The molecule has 4 nitrogen and oxygen atoms in total. The van der Waals surface area contributed by atoms with E-state index in [2.05, 4.69) is 8.75 Å². The quantitative estimate of drug-likeness (QED) is 0.676. The van der Waals surface area contributed by atoms with E-state index in [1.807, 2.05) is 0 Å². The first-order valence-electron chi connectivity index (χ1n) is 2.91. The van der Waals surface area contributed by atoms with Gasteiger partial charge in [0.15, 0.2) is 10.1 Å². The standard InChI is InChI=1S/C5H6N2O2S3/c1-10-4-3(8)5(12(2)9)7-11-6-4/h1-2H3. The van der Waals surface area contributed by atoms with Crippen molar-refractivity contribution < 1.29 is 4.21 Å². The Labute approximate surface area is 80.2 Å². The fourth-order valence-electron chi connectivity index (χ4n) is 0.582. The maximum atomic E-state index is 11.3. The van der Waals surface area contributed by atoms with Crippen molar-refractivity contribution in [3.63, 3.8) is 0 Å². The molecule has 7 heteroatoms. The molecule has 1 atom stereocenters. The van der Waals surface area contributed by atoms with Gasteiger partial charge in [-0.2, -0.15) is 8.75 Å². The molecule has 0 radical (unpaired) electrons. The van der Waals surface area contributed by atoms with Crippen molar-refractivity contribution in [1.29, 1.82) is 0 Å². The maximum absolute atomic E-state index is 11.3. The molecule has 0 saturated carbocycles. The SMILES string of the molecule is CSc1nsnc(S(C)=O)c1=O. The van der Waals surface area contributed by atoms with Crippen molar-refractivity contribution >= 4 is 34.3 Å². The Morgan fingerprint density at radius 2 is 2.17 bits per heavy atom. The molecule has 12 heavy (non-hydrogen) atoms. The number of thioether (sulfide) groups is 1. The van der Waals surface area contributed by atoms with E-state index in [-0.39, 0.29) is 10.5 Å². The molecule has 0 saturated heterocycles. The van der Waals surface area contributed by atoms with Gasteiger partial charge < -0.3 is 0 Å². The Balaban J connectivity index is 3.33. The highest BCUT2D eigenvalue weighted by Gasteiger charge is 2.10. The van der Waals surface area contributed by atoms with E-state index in [1.54, 1.807) is 6.26 Å². The number of rotatable bonds is 2. The molecule has 0 aliphatic heterocycles. The van der Waals surface area contributed by atoms with Crippen molar-refractivity contribution in [3.05, 3.63) is 10.2 Å². The Morgan fingerprint density at radius 3 is 2.67 bits per heavy atom. The monoisotopic (exact) mass is 222 g/mol. The molecule has 0 aromatic carbocycles. The summed E-state index contributed by atoms with van der Waals surface area (Å²) in [5.41, 5.74) is -0.318. The van der Waals surface area contributed by atoms with E-state index in [0.29, 0.717) is 5.03 Å². The summed E-state index contributed by atoms with van der Waals surface area (Å²) >= 11 is 2.15. The minimum atomic E-state index is -1.32. The summed E-state index contributed by atoms with van der Waals surface area (Å²) in [5.74, 6) is 0. The molecule has 1 rings (SSSR count). The van der Waals surface area contributed by atoms with Gasteiger partial charge in [-0.25, -0.2) is 0 Å². The van der Waals surface area contributed by atoms with Gasteiger partial charge in [-0.15, -0.1) is 11.8 Å². The van der Waals surface area contributed by atoms with E-state index < -0.39 is 10.8 Å². The van der Waals surface area contributed by atoms with Crippen LogP contribution in [0.4, 0.5) is 0 Å². The van der Waals surface area contributed by atoms with E-state index in [4.69, 9.17) is 0 Å². The molecule has 0 N–H and O–H groups in total. The molecule has 1 aromatic rings. The summed E-state index contributed by atoms with van der Waals surface area (Å²) in [7, 11) is -1.32. The number of hydrogen-bond donors (Lipinski definition) is 0. The molecule has 66 valence electrons. The van der Waals surface area contributed by atoms with Gasteiger partial charge in [-0.1, -0.05) is 0 Å². The lowest BCUT2D eigenvalue weighted by Gasteiger charge is -1.93. The minimum absolute atomic E-state index is 0.0966. The smallest absolute Gasteiger partial charge is 0.247 e. The second kappa shape index (κ2) is 4.11. The van der Waals surface area contributed by atoms with Gasteiger partial charge in [0.1, 0.15) is 0 Å². The first-order valence-corrected chi connectivity index (χ1v) is 6.42. The van der Waals surface area contributed by atoms with Gasteiger partial charge in [0.05, 0.1) is 22.5 Å². The van der Waals surface area contributed by atoms with Crippen LogP contribution in [0.3, 0.4) is 0 Å². The Kier molecular flexibility index (Phi) is 3.36. The second-order valence-corrected chi connectivity index (χ2v) is 4.48. The Hall–Kier alpha value is -0.270. The van der Waals surface area contributed by atoms with E-state index in [1.165, 1.54) is 18.0 Å². The van der Waals surface area contributed by atoms with Crippen LogP contribution in [0.1, 0.15) is 0 Å². The third kappa shape index (κ3) is 1.90. The minimum Gasteiger partial charge on any atom is -0.284 e. The number of nitrogens with zero attached hydrogens (tertiary/aromatic N) is 2. The predicted molar refractivity (Wildman–Crippen MR) is 50.3 cm³/mol. The molecular weight excluding hydrogens is 216 g/mol. The Bertz CT molecular complexity index is 362. The first kappa shape index (κ1) is 9.82. The summed E-state index contributed by atoms with van der Waals surface area (Å²) in [5, 5.41) is 0.458. The molecule has 0 bridgehead atoms. The zero-order valence-electron chi connectivity index (χ0n) is 6.44. The normalized spacial score (nSPS) is 12.8. The van der Waals surface area contributed by atoms with Gasteiger partial charge in [-0.3, -0.25) is 9.00 Å². The summed E-state index contributed by atoms with van der Waals surface area (Å²) in [6, 6.07) is 0. The van der Waals surface area contributed by atoms with Crippen molar-refractivity contribution in [2.24, 2.45) is 0 Å². The second-order valence-electron chi connectivity index (χ2n) is 1.86. The van der Waals surface area contributed by atoms with Crippen LogP contribution in [0.25, 0.3) is 0 Å². The molecule has 0 spiro atoms. The molecule has 1 heterocycles. The number of aromatic nitrogens is 2. The van der Waals surface area contributed by atoms with Crippen LogP contribution in [-0.2, 0) is 10.8 Å². The highest BCUT2D eigenvalue weighted by molar-refractivity contribution is 7.98. The topological polar surface area (TPSA) is 59.9 Å². The van der Waals surface area contributed by atoms with Crippen molar-refractivity contribution in [2.75, 3.05) is 12.5 Å². The van der Waals surface area contributed by atoms with Crippen LogP contribution in [0.5, 0.6) is 0 Å². The molecule has 0 fully saturated rings. The van der Waals surface area contributed by atoms with Crippen LogP contribution in [0, 0.1) is 0 Å². The maximum Gasteiger partial charge on any atom is 0.247 e. The van der Waals surface area contributed by atoms with Crippen LogP contribution in [-0.4, -0.2) is 25.5 Å². The average molecular weight is 222 g/mol. The summed E-state index contributed by atoms with van der Waals surface area (Å²) in [6.07, 6.45) is 3.18. The van der Waals surface area contributed by atoms with Gasteiger partial charge in [0.2, 0.25) is 5.43 Å². The third-order valence-corrected chi connectivity index (χ3v) is 3.35. The fraction of sp³-hybridized carbons (Fsp3) is 0.400. The van der Waals surface area contributed by atoms with Gasteiger partial charge >= 0.3 is 0 Å². The van der Waals surface area contributed by atoms with E-state index >= 15 is 0 Å².